The van der Waals surface area contributed by atoms with Gasteiger partial charge in [0.05, 0.1) is 32.0 Å². The number of fused-ring (bicyclic) bond motifs is 7. The summed E-state index contributed by atoms with van der Waals surface area (Å²) in [5.74, 6) is 2.05. The fourth-order valence-electron chi connectivity index (χ4n) is 19.1. The SMILES string of the molecule is CC12CC=C3C(CCC45CC6(CCC34O5)OCCO6)C1CCC2=O.CN(c1cc[c-]cc1)C1CCCCC1.CN(c1ccc(C2CC3(C)C(=O)CCC3C3CCC4(O)CC5(CCC4=C23)OCCO5)cc1)C1CCCCC1.IC(I)I.I[I-]I.[Br-].[CH2-]I.[Cl][Cu][Cl].[Cu].[Mg+2].[V]. The summed E-state index contributed by atoms with van der Waals surface area (Å²) in [4.78, 5) is 33.9. The topological polar surface area (TPSA) is 110 Å². The Kier molecular flexibility index (Phi) is 37.9. The van der Waals surface area contributed by atoms with Crippen LogP contribution in [0, 0.1) is 45.5 Å². The van der Waals surface area contributed by atoms with Gasteiger partial charge in [0.1, 0.15) is 22.7 Å². The number of aliphatic hydroxyl groups is 1. The predicted octanol–water partition coefficient (Wildman–Crippen LogP) is 13.3. The van der Waals surface area contributed by atoms with Crippen molar-refractivity contribution >= 4 is 194 Å². The Hall–Kier alpha value is 5.18. The van der Waals surface area contributed by atoms with Crippen molar-refractivity contribution in [2.24, 2.45) is 34.5 Å². The number of carbonyl (C=O) groups excluding carboxylic acids is 2. The number of anilines is 2. The molecule has 10 aliphatic carbocycles. The molecule has 13 aliphatic rings. The van der Waals surface area contributed by atoms with E-state index in [1.54, 1.807) is 5.57 Å². The number of nitrogens with zero attached hydrogens (tertiary/aromatic N) is 2. The van der Waals surface area contributed by atoms with Gasteiger partial charge in [-0.15, -0.1) is 12.1 Å². The minimum Gasteiger partial charge on any atom is 0 e. The predicted molar refractivity (Wildman–Crippen MR) is 406 cm³/mol. The summed E-state index contributed by atoms with van der Waals surface area (Å²) in [5.41, 5.74) is 6.90. The number of ether oxygens (including phenoxy) is 5. The third kappa shape index (κ3) is 19.5. The van der Waals surface area contributed by atoms with E-state index < -0.39 is 11.4 Å². The van der Waals surface area contributed by atoms with Crippen molar-refractivity contribution in [3.05, 3.63) is 87.9 Å². The van der Waals surface area contributed by atoms with Gasteiger partial charge < -0.3 is 78.2 Å². The molecule has 1 N–H and O–H groups in total. The largest absolute Gasteiger partial charge is 2.00 e. The van der Waals surface area contributed by atoms with E-state index in [4.69, 9.17) is 23.7 Å². The molecule has 2 aromatic carbocycles. The van der Waals surface area contributed by atoms with Gasteiger partial charge in [0.2, 0.25) is 0 Å². The van der Waals surface area contributed by atoms with Crippen molar-refractivity contribution < 1.29 is 117 Å². The van der Waals surface area contributed by atoms with Gasteiger partial charge in [-0.25, -0.2) is 0 Å². The number of epoxide rings is 1. The van der Waals surface area contributed by atoms with Crippen LogP contribution in [0.1, 0.15) is 192 Å². The zero-order chi connectivity index (χ0) is 63.1. The van der Waals surface area contributed by atoms with Gasteiger partial charge in [-0.2, -0.15) is 18.2 Å². The average molecular weight is 2310 g/mol. The molecule has 2 radical (unpaired) electrons. The van der Waals surface area contributed by atoms with Crippen molar-refractivity contribution in [1.82, 2.24) is 0 Å². The quantitative estimate of drug-likeness (QED) is 0.0776. The van der Waals surface area contributed by atoms with Crippen LogP contribution in [0.4, 0.5) is 11.4 Å². The molecule has 11 fully saturated rings. The Morgan fingerprint density at radius 3 is 1.66 bits per heavy atom. The minimum atomic E-state index is -0.857. The third-order valence-corrected chi connectivity index (χ3v) is 23.4. The fraction of sp³-hybridized carbons (Fsp3) is 0.721. The number of hydrogen-bond acceptors (Lipinski definition) is 10. The smallest absolute Gasteiger partial charge is 0 e. The van der Waals surface area contributed by atoms with Gasteiger partial charge in [-0.05, 0) is 142 Å². The van der Waals surface area contributed by atoms with Crippen LogP contribution in [0.3, 0.4) is 0 Å². The Bertz CT molecular complexity index is 2720. The molecular formula is C68H92BrCl2Cu2I7MgN2O8V-2. The fourth-order valence-corrected chi connectivity index (χ4v) is 19.1. The molecule has 0 aromatic heterocycles. The Balaban J connectivity index is 0.000000244. The number of carbonyl (C=O) groups is 2. The molecule has 523 valence electrons. The first-order valence-electron chi connectivity index (χ1n) is 32.2. The summed E-state index contributed by atoms with van der Waals surface area (Å²) in [6.07, 6.45) is 30.3. The molecule has 0 bridgehead atoms. The molecule has 3 heterocycles. The summed E-state index contributed by atoms with van der Waals surface area (Å²) in [5, 5.41) is 12.1. The molecule has 10 nitrogen and oxygen atoms in total. The number of hydrogen-bond donors (Lipinski definition) is 1. The molecule has 3 aliphatic heterocycles. The van der Waals surface area contributed by atoms with E-state index in [1.807, 2.05) is 34.7 Å². The standard InChI is InChI=1S/C33H45NO4.C20H26O4.C13H18N.CHI3.CH2I.BrH.2ClH.2Cu.I3.Mg.V/c1-31-20-26(22-8-10-24(11-9-22)34(2)23-6-4-3-5-7-23)30-25(27(31)12-13-29(31)35)14-16-32(36)21-33(17-15-28(30)32)37-18-19-38-33;1-17-6-5-15-13(14(17)2-3-16(17)21)4-7-18-12-19(22-10-11-23-19)8-9-20(15,18)24-18;1-14(12-8-4-2-5-9-12)13-10-6-3-7-11-13;2-1(3)4;1-2;;;;;;1-3-2;;/h8-11,23,25-27,36H,3-7,12-21H2,1-2H3;5,13-14H,2-4,6-12H2,1H3;6-7,10-12H,2,4-5,8-9H2,1H3;1H;1H2;3*1H;;;;;/q;;-1;;-1;;;;;+2;-1;+2;/p-3. The van der Waals surface area contributed by atoms with Gasteiger partial charge in [-0.1, -0.05) is 150 Å². The summed E-state index contributed by atoms with van der Waals surface area (Å²) < 4.78 is 31.4. The number of Topliss-reactive ketones (excluding diaryl/α,β-unsaturated/α-hetero) is 2. The molecule has 92 heavy (non-hydrogen) atoms. The molecule has 24 heteroatoms. The molecule has 10 atom stereocenters. The first-order valence-corrected chi connectivity index (χ1v) is 52.6. The number of benzene rings is 2. The maximum atomic E-state index is 13.3. The first kappa shape index (κ1) is 87.8. The van der Waals surface area contributed by atoms with Crippen molar-refractivity contribution in [1.29, 1.82) is 0 Å². The normalized spacial score (nSPS) is 33.7. The van der Waals surface area contributed by atoms with Crippen LogP contribution in [0.2, 0.25) is 0 Å². The molecule has 8 saturated carbocycles. The second kappa shape index (κ2) is 39.7. The summed E-state index contributed by atoms with van der Waals surface area (Å²) in [6.45, 7) is 7.15. The molecule has 2 aromatic rings. The first-order chi connectivity index (χ1) is 42.3. The Morgan fingerprint density at radius 2 is 1.14 bits per heavy atom. The second-order valence-corrected chi connectivity index (χ2v) is 56.0. The van der Waals surface area contributed by atoms with Gasteiger partial charge in [0.25, 0.3) is 0 Å². The summed E-state index contributed by atoms with van der Waals surface area (Å²) in [6, 6.07) is 22.0. The van der Waals surface area contributed by atoms with E-state index >= 15 is 0 Å². The van der Waals surface area contributed by atoms with Crippen molar-refractivity contribution in [3.63, 3.8) is 0 Å². The molecule has 3 saturated heterocycles. The molecule has 0 amide bonds. The van der Waals surface area contributed by atoms with Gasteiger partial charge >= 0.3 is 107 Å². The van der Waals surface area contributed by atoms with Crippen LogP contribution in [0.25, 0.3) is 0 Å². The molecular weight excluding hydrogens is 2210 g/mol. The van der Waals surface area contributed by atoms with Crippen molar-refractivity contribution in [2.75, 3.05) is 50.3 Å². The Labute approximate surface area is 699 Å². The van der Waals surface area contributed by atoms with E-state index in [0.717, 1.165) is 122 Å². The maximum Gasteiger partial charge on any atom is 2.00 e. The van der Waals surface area contributed by atoms with E-state index in [2.05, 4.69) is 216 Å². The molecule has 15 rings (SSSR count). The minimum absolute atomic E-state index is 0. The Morgan fingerprint density at radius 1 is 0.674 bits per heavy atom. The van der Waals surface area contributed by atoms with Crippen LogP contribution >= 0.6 is 148 Å². The number of allylic oxidation sites excluding steroid dienone is 2. The zero-order valence-electron chi connectivity index (χ0n) is 53.5. The zero-order valence-corrected chi connectivity index (χ0v) is 76.4. The summed E-state index contributed by atoms with van der Waals surface area (Å²) in [7, 11) is 13.8. The summed E-state index contributed by atoms with van der Waals surface area (Å²) >= 11 is 14.9. The monoisotopic (exact) mass is 2300 g/mol. The van der Waals surface area contributed by atoms with Crippen LogP contribution in [-0.4, -0.2) is 121 Å². The van der Waals surface area contributed by atoms with E-state index in [1.165, 1.54) is 92.3 Å². The van der Waals surface area contributed by atoms with Crippen LogP contribution < -0.4 is 40.0 Å². The van der Waals surface area contributed by atoms with E-state index in [-0.39, 0.29) is 109 Å². The van der Waals surface area contributed by atoms with Crippen molar-refractivity contribution in [3.8, 4) is 0 Å². The van der Waals surface area contributed by atoms with E-state index in [0.29, 0.717) is 80.6 Å². The number of ketones is 2. The number of alkyl halides is 3. The molecule has 10 unspecified atom stereocenters. The van der Waals surface area contributed by atoms with E-state index in [9.17, 15) is 14.7 Å². The number of rotatable bonds is 5. The van der Waals surface area contributed by atoms with Crippen molar-refractivity contribution in [2.45, 2.75) is 227 Å². The number of halogens is 10. The van der Waals surface area contributed by atoms with Gasteiger partial charge in [0.15, 0.2) is 11.6 Å². The van der Waals surface area contributed by atoms with Crippen LogP contribution in [-0.2, 0) is 82.0 Å². The van der Waals surface area contributed by atoms with Gasteiger partial charge in [-0.3, -0.25) is 14.5 Å². The van der Waals surface area contributed by atoms with Crippen LogP contribution in [0.15, 0.2) is 71.3 Å². The van der Waals surface area contributed by atoms with Crippen LogP contribution in [0.5, 0.6) is 0 Å². The van der Waals surface area contributed by atoms with Gasteiger partial charge in [0, 0.05) is 123 Å². The average Bonchev–Trinajstić information content (AvgIpc) is 1.48. The second-order valence-electron chi connectivity index (χ2n) is 27.3. The molecule has 2 spiro atoms. The third-order valence-electron chi connectivity index (χ3n) is 23.4. The maximum absolute atomic E-state index is 13.3.